The van der Waals surface area contributed by atoms with Gasteiger partial charge in [0.15, 0.2) is 11.5 Å². The van der Waals surface area contributed by atoms with E-state index in [1.54, 1.807) is 12.0 Å². The molecule has 32 heavy (non-hydrogen) atoms. The molecular weight excluding hydrogens is 472 g/mol. The average molecular weight is 501 g/mol. The quantitative estimate of drug-likeness (QED) is 0.646. The molecule has 3 aliphatic rings. The van der Waals surface area contributed by atoms with Crippen molar-refractivity contribution < 1.29 is 9.53 Å². The summed E-state index contributed by atoms with van der Waals surface area (Å²) in [6, 6.07) is 6.41. The molecule has 1 N–H and O–H groups in total. The smallest absolute Gasteiger partial charge is 0.281 e. The molecule has 1 saturated carbocycles. The van der Waals surface area contributed by atoms with Gasteiger partial charge in [-0.2, -0.15) is 4.98 Å². The van der Waals surface area contributed by atoms with Gasteiger partial charge in [0.2, 0.25) is 11.9 Å². The first-order chi connectivity index (χ1) is 15.6. The van der Waals surface area contributed by atoms with Crippen LogP contribution in [0.4, 0.5) is 11.8 Å². The van der Waals surface area contributed by atoms with Crippen molar-refractivity contribution >= 4 is 39.6 Å². The third-order valence-corrected chi connectivity index (χ3v) is 7.14. The number of carbonyl (C=O) groups is 1. The predicted molar refractivity (Wildman–Crippen MR) is 129 cm³/mol. The van der Waals surface area contributed by atoms with Crippen LogP contribution in [0.1, 0.15) is 55.1 Å². The number of amides is 1. The van der Waals surface area contributed by atoms with E-state index in [0.717, 1.165) is 52.9 Å². The Labute approximate surface area is 196 Å². The number of hydrogen-bond donors (Lipinski definition) is 1. The summed E-state index contributed by atoms with van der Waals surface area (Å²) in [5.74, 6) is 2.98. The number of carbonyl (C=O) groups excluding carboxylic acids is 1. The zero-order chi connectivity index (χ0) is 22.2. The van der Waals surface area contributed by atoms with Gasteiger partial charge < -0.3 is 10.1 Å². The Morgan fingerprint density at radius 1 is 1.25 bits per heavy atom. The lowest BCUT2D eigenvalue weighted by Crippen LogP contribution is -2.50. The zero-order valence-corrected chi connectivity index (χ0v) is 20.2. The molecule has 0 unspecified atom stereocenters. The van der Waals surface area contributed by atoms with E-state index in [2.05, 4.69) is 35.7 Å². The number of imidazole rings is 1. The SMILES string of the molecule is CCN1C(=O)c2c(nc(NC3CCCCC3)n2Cc2ccc(OC)c(Br)c2)N2CCN=C12. The van der Waals surface area contributed by atoms with E-state index in [-0.39, 0.29) is 5.91 Å². The molecule has 1 aromatic carbocycles. The number of anilines is 2. The van der Waals surface area contributed by atoms with E-state index < -0.39 is 0 Å². The second-order valence-corrected chi connectivity index (χ2v) is 9.38. The number of fused-ring (bicyclic) bond motifs is 3. The number of guanidine groups is 1. The summed E-state index contributed by atoms with van der Waals surface area (Å²) < 4.78 is 8.33. The lowest BCUT2D eigenvalue weighted by molar-refractivity contribution is 0.0836. The maximum atomic E-state index is 13.6. The monoisotopic (exact) mass is 500 g/mol. The molecule has 2 aromatic rings. The highest BCUT2D eigenvalue weighted by Crippen LogP contribution is 2.35. The predicted octanol–water partition coefficient (Wildman–Crippen LogP) is 4.10. The van der Waals surface area contributed by atoms with Crippen molar-refractivity contribution in [3.8, 4) is 5.75 Å². The highest BCUT2D eigenvalue weighted by molar-refractivity contribution is 9.10. The number of benzene rings is 1. The van der Waals surface area contributed by atoms with E-state index in [1.807, 2.05) is 25.1 Å². The first kappa shape index (κ1) is 21.3. The maximum absolute atomic E-state index is 13.6. The molecule has 1 amide bonds. The molecule has 0 radical (unpaired) electrons. The van der Waals surface area contributed by atoms with Gasteiger partial charge in [0.25, 0.3) is 5.91 Å². The fourth-order valence-electron chi connectivity index (χ4n) is 4.89. The Morgan fingerprint density at radius 2 is 2.06 bits per heavy atom. The van der Waals surface area contributed by atoms with Crippen LogP contribution in [0.3, 0.4) is 0 Å². The average Bonchev–Trinajstić information content (AvgIpc) is 3.41. The Kier molecular flexibility index (Phi) is 5.84. The Hall–Kier alpha value is -2.55. The van der Waals surface area contributed by atoms with Crippen molar-refractivity contribution in [1.82, 2.24) is 14.5 Å². The minimum atomic E-state index is -0.0313. The van der Waals surface area contributed by atoms with E-state index in [4.69, 9.17) is 9.72 Å². The lowest BCUT2D eigenvalue weighted by atomic mass is 9.96. The summed E-state index contributed by atoms with van der Waals surface area (Å²) in [6.07, 6.45) is 6.03. The van der Waals surface area contributed by atoms with Crippen molar-refractivity contribution in [3.05, 3.63) is 33.9 Å². The van der Waals surface area contributed by atoms with Crippen molar-refractivity contribution in [2.45, 2.75) is 51.6 Å². The number of halogens is 1. The molecule has 0 atom stereocenters. The van der Waals surface area contributed by atoms with Crippen LogP contribution >= 0.6 is 15.9 Å². The first-order valence-electron chi connectivity index (χ1n) is 11.4. The van der Waals surface area contributed by atoms with Gasteiger partial charge in [-0.05, 0) is 53.4 Å². The molecule has 9 heteroatoms. The number of aliphatic imine (C=N–C) groups is 1. The summed E-state index contributed by atoms with van der Waals surface area (Å²) in [4.78, 5) is 27.0. The lowest BCUT2D eigenvalue weighted by Gasteiger charge is -2.32. The minimum absolute atomic E-state index is 0.0313. The Morgan fingerprint density at radius 3 is 2.78 bits per heavy atom. The minimum Gasteiger partial charge on any atom is -0.496 e. The highest BCUT2D eigenvalue weighted by atomic mass is 79.9. The summed E-state index contributed by atoms with van der Waals surface area (Å²) >= 11 is 3.59. The molecular formula is C23H29BrN6O2. The number of hydrogen-bond acceptors (Lipinski definition) is 6. The first-order valence-corrected chi connectivity index (χ1v) is 12.2. The van der Waals surface area contributed by atoms with E-state index >= 15 is 0 Å². The van der Waals surface area contributed by atoms with Gasteiger partial charge in [0.1, 0.15) is 5.75 Å². The van der Waals surface area contributed by atoms with E-state index in [1.165, 1.54) is 19.3 Å². The van der Waals surface area contributed by atoms with Gasteiger partial charge >= 0.3 is 0 Å². The topological polar surface area (TPSA) is 75.0 Å². The largest absolute Gasteiger partial charge is 0.496 e. The van der Waals surface area contributed by atoms with Crippen LogP contribution in [0.25, 0.3) is 0 Å². The van der Waals surface area contributed by atoms with Crippen LogP contribution in [-0.2, 0) is 6.54 Å². The van der Waals surface area contributed by atoms with Crippen LogP contribution in [0.15, 0.2) is 27.7 Å². The zero-order valence-electron chi connectivity index (χ0n) is 18.6. The van der Waals surface area contributed by atoms with Gasteiger partial charge in [-0.25, -0.2) is 0 Å². The van der Waals surface area contributed by atoms with Crippen molar-refractivity contribution in [1.29, 1.82) is 0 Å². The summed E-state index contributed by atoms with van der Waals surface area (Å²) in [5, 5.41) is 3.68. The van der Waals surface area contributed by atoms with Crippen molar-refractivity contribution in [3.63, 3.8) is 0 Å². The summed E-state index contributed by atoms with van der Waals surface area (Å²) in [7, 11) is 1.66. The van der Waals surface area contributed by atoms with Crippen molar-refractivity contribution in [2.24, 2.45) is 4.99 Å². The van der Waals surface area contributed by atoms with Crippen LogP contribution in [0.5, 0.6) is 5.75 Å². The van der Waals surface area contributed by atoms with Crippen LogP contribution in [0, 0.1) is 0 Å². The van der Waals surface area contributed by atoms with Gasteiger partial charge in [0, 0.05) is 19.1 Å². The van der Waals surface area contributed by atoms with Crippen LogP contribution in [-0.4, -0.2) is 59.1 Å². The molecule has 8 nitrogen and oxygen atoms in total. The standard InChI is InChI=1S/C23H29BrN6O2/c1-3-28-21(31)19-20(29-12-11-25-23(28)29)27-22(26-16-7-5-4-6-8-16)30(19)14-15-9-10-18(32-2)17(24)13-15/h9-10,13,16H,3-8,11-12,14H2,1-2H3,(H,26,27). The second kappa shape index (κ2) is 8.77. The molecule has 0 saturated heterocycles. The number of aromatic nitrogens is 2. The number of rotatable bonds is 6. The number of nitrogens with one attached hydrogen (secondary N) is 1. The number of methoxy groups -OCH3 is 1. The van der Waals surface area contributed by atoms with E-state index in [9.17, 15) is 4.79 Å². The molecule has 0 bridgehead atoms. The Balaban J connectivity index is 1.58. The molecule has 0 spiro atoms. The number of nitrogens with zero attached hydrogens (tertiary/aromatic N) is 5. The molecule has 170 valence electrons. The van der Waals surface area contributed by atoms with Gasteiger partial charge in [-0.3, -0.25) is 24.2 Å². The third kappa shape index (κ3) is 3.66. The molecule has 2 aliphatic heterocycles. The maximum Gasteiger partial charge on any atom is 0.281 e. The molecule has 5 rings (SSSR count). The van der Waals surface area contributed by atoms with Gasteiger partial charge in [-0.15, -0.1) is 0 Å². The van der Waals surface area contributed by atoms with Gasteiger partial charge in [-0.1, -0.05) is 25.3 Å². The highest BCUT2D eigenvalue weighted by Gasteiger charge is 2.41. The molecule has 3 heterocycles. The van der Waals surface area contributed by atoms with Crippen LogP contribution in [0.2, 0.25) is 0 Å². The fraction of sp³-hybridized carbons (Fsp3) is 0.522. The summed E-state index contributed by atoms with van der Waals surface area (Å²) in [6.45, 7) is 4.55. The van der Waals surface area contributed by atoms with Gasteiger partial charge in [0.05, 0.1) is 24.7 Å². The molecule has 1 fully saturated rings. The van der Waals surface area contributed by atoms with Crippen LogP contribution < -0.4 is 15.0 Å². The Bertz CT molecular complexity index is 1060. The van der Waals surface area contributed by atoms with Crippen molar-refractivity contribution in [2.75, 3.05) is 37.0 Å². The van der Waals surface area contributed by atoms with E-state index in [0.29, 0.717) is 31.4 Å². The second-order valence-electron chi connectivity index (χ2n) is 8.52. The molecule has 1 aromatic heterocycles. The molecule has 1 aliphatic carbocycles. The summed E-state index contributed by atoms with van der Waals surface area (Å²) in [5.41, 5.74) is 1.71. The fourth-order valence-corrected chi connectivity index (χ4v) is 5.48. The number of ether oxygens (including phenoxy) is 1. The normalized spacial score (nSPS) is 18.5. The third-order valence-electron chi connectivity index (χ3n) is 6.52.